The van der Waals surface area contributed by atoms with Crippen LogP contribution in [0.2, 0.25) is 5.02 Å². The minimum absolute atomic E-state index is 0.186. The van der Waals surface area contributed by atoms with E-state index in [0.29, 0.717) is 28.6 Å². The number of halogens is 1. The molecular weight excluding hydrogens is 430 g/mol. The number of Topliss-reactive ketones (excluding diaryl/α,β-unsaturated/α-hetero) is 1. The van der Waals surface area contributed by atoms with Gasteiger partial charge >= 0.3 is 5.97 Å². The zero-order chi connectivity index (χ0) is 22.7. The highest BCUT2D eigenvalue weighted by Gasteiger charge is 2.18. The zero-order valence-corrected chi connectivity index (χ0v) is 18.5. The lowest BCUT2D eigenvalue weighted by atomic mass is 10.1. The molecule has 2 heterocycles. The first kappa shape index (κ1) is 21.7. The van der Waals surface area contributed by atoms with Crippen LogP contribution >= 0.6 is 11.6 Å². The maximum Gasteiger partial charge on any atom is 0.331 e. The van der Waals surface area contributed by atoms with Gasteiger partial charge in [-0.2, -0.15) is 0 Å². The average Bonchev–Trinajstić information content (AvgIpc) is 3.36. The fraction of sp³-hybridized carbons (Fsp3) is 0.200. The van der Waals surface area contributed by atoms with Crippen LogP contribution in [-0.2, 0) is 16.1 Å². The quantitative estimate of drug-likeness (QED) is 0.288. The van der Waals surface area contributed by atoms with Crippen molar-refractivity contribution in [2.24, 2.45) is 0 Å². The number of hydrogen-bond acceptors (Lipinski definition) is 5. The molecule has 2 aromatic carbocycles. The van der Waals surface area contributed by atoms with Crippen LogP contribution in [0.25, 0.3) is 6.08 Å². The number of benzene rings is 2. The third-order valence-corrected chi connectivity index (χ3v) is 5.68. The Hall–Kier alpha value is -3.51. The largest absolute Gasteiger partial charge is 0.454 e. The van der Waals surface area contributed by atoms with Crippen LogP contribution in [-0.4, -0.2) is 29.7 Å². The van der Waals surface area contributed by atoms with Crippen LogP contribution in [0.15, 0.2) is 54.6 Å². The summed E-state index contributed by atoms with van der Waals surface area (Å²) in [6, 6.07) is 14.8. The predicted octanol–water partition coefficient (Wildman–Crippen LogP) is 4.97. The van der Waals surface area contributed by atoms with E-state index in [-0.39, 0.29) is 19.2 Å². The van der Waals surface area contributed by atoms with Crippen molar-refractivity contribution in [1.29, 1.82) is 0 Å². The number of carbonyl (C=O) groups excluding carboxylic acids is 2. The fourth-order valence-corrected chi connectivity index (χ4v) is 3.76. The molecule has 0 fully saturated rings. The maximum absolute atomic E-state index is 12.7. The molecule has 0 spiro atoms. The summed E-state index contributed by atoms with van der Waals surface area (Å²) in [6.07, 6.45) is 2.88. The number of carbonyl (C=O) groups is 2. The number of nitrogens with zero attached hydrogens (tertiary/aromatic N) is 1. The number of rotatable bonds is 7. The van der Waals surface area contributed by atoms with Gasteiger partial charge in [0, 0.05) is 34.6 Å². The van der Waals surface area contributed by atoms with E-state index in [0.717, 1.165) is 22.5 Å². The van der Waals surface area contributed by atoms with Gasteiger partial charge in [0.25, 0.3) is 0 Å². The van der Waals surface area contributed by atoms with Gasteiger partial charge in [0.15, 0.2) is 18.1 Å². The van der Waals surface area contributed by atoms with Gasteiger partial charge in [0.1, 0.15) is 0 Å². The minimum Gasteiger partial charge on any atom is -0.454 e. The van der Waals surface area contributed by atoms with Gasteiger partial charge in [-0.3, -0.25) is 4.79 Å². The first-order valence-corrected chi connectivity index (χ1v) is 10.5. The molecule has 164 valence electrons. The van der Waals surface area contributed by atoms with E-state index in [4.69, 9.17) is 25.8 Å². The molecule has 3 aromatic rings. The Morgan fingerprint density at radius 1 is 1.09 bits per heavy atom. The molecule has 7 heteroatoms. The molecule has 0 aliphatic carbocycles. The molecule has 1 aliphatic heterocycles. The van der Waals surface area contributed by atoms with Crippen LogP contribution in [0, 0.1) is 13.8 Å². The fourth-order valence-electron chi connectivity index (χ4n) is 3.57. The molecule has 0 unspecified atom stereocenters. The Morgan fingerprint density at radius 2 is 1.88 bits per heavy atom. The lowest BCUT2D eigenvalue weighted by Crippen LogP contribution is -2.14. The van der Waals surface area contributed by atoms with E-state index in [1.54, 1.807) is 24.3 Å². The molecule has 0 saturated carbocycles. The van der Waals surface area contributed by atoms with Crippen LogP contribution in [0.3, 0.4) is 0 Å². The number of esters is 1. The van der Waals surface area contributed by atoms with Crippen LogP contribution < -0.4 is 9.47 Å². The molecule has 0 amide bonds. The van der Waals surface area contributed by atoms with Gasteiger partial charge < -0.3 is 18.8 Å². The van der Waals surface area contributed by atoms with Crippen molar-refractivity contribution >= 4 is 29.4 Å². The second kappa shape index (κ2) is 9.32. The molecule has 0 bridgehead atoms. The zero-order valence-electron chi connectivity index (χ0n) is 17.8. The Bertz CT molecular complexity index is 1210. The van der Waals surface area contributed by atoms with Crippen molar-refractivity contribution in [3.8, 4) is 11.5 Å². The summed E-state index contributed by atoms with van der Waals surface area (Å²) in [5.41, 5.74) is 4.00. The normalized spacial score (nSPS) is 12.3. The number of ketones is 1. The number of ether oxygens (including phenoxy) is 3. The van der Waals surface area contributed by atoms with Gasteiger partial charge in [0.05, 0.1) is 0 Å². The lowest BCUT2D eigenvalue weighted by molar-refractivity contribution is -0.136. The molecule has 0 atom stereocenters. The summed E-state index contributed by atoms with van der Waals surface area (Å²) in [5.74, 6) is 0.444. The predicted molar refractivity (Wildman–Crippen MR) is 121 cm³/mol. The summed E-state index contributed by atoms with van der Waals surface area (Å²) in [5, 5.41) is 0.677. The molecule has 0 saturated heterocycles. The van der Waals surface area contributed by atoms with Crippen molar-refractivity contribution in [2.75, 3.05) is 13.4 Å². The molecule has 6 nitrogen and oxygen atoms in total. The molecule has 0 radical (unpaired) electrons. The monoisotopic (exact) mass is 451 g/mol. The van der Waals surface area contributed by atoms with E-state index in [1.165, 1.54) is 6.08 Å². The van der Waals surface area contributed by atoms with Crippen molar-refractivity contribution in [1.82, 2.24) is 4.57 Å². The van der Waals surface area contributed by atoms with E-state index < -0.39 is 5.97 Å². The summed E-state index contributed by atoms with van der Waals surface area (Å²) in [4.78, 5) is 24.8. The van der Waals surface area contributed by atoms with Crippen LogP contribution in [0.4, 0.5) is 0 Å². The Labute approximate surface area is 191 Å². The van der Waals surface area contributed by atoms with Gasteiger partial charge in [-0.05, 0) is 55.3 Å². The van der Waals surface area contributed by atoms with Gasteiger partial charge in [-0.25, -0.2) is 4.79 Å². The van der Waals surface area contributed by atoms with E-state index in [1.807, 2.05) is 48.7 Å². The standard InChI is InChI=1S/C25H22ClNO5/c1-16-11-20(17(2)27(16)13-19-5-3-4-6-21(19)26)22(28)14-30-25(29)10-8-18-7-9-23-24(12-18)32-15-31-23/h3-12H,13-15H2,1-2H3. The van der Waals surface area contributed by atoms with Crippen LogP contribution in [0.5, 0.6) is 11.5 Å². The molecule has 1 aromatic heterocycles. The van der Waals surface area contributed by atoms with Gasteiger partial charge in [-0.15, -0.1) is 0 Å². The SMILES string of the molecule is Cc1cc(C(=O)COC(=O)C=Cc2ccc3c(c2)OCO3)c(C)n1Cc1ccccc1Cl. The Morgan fingerprint density at radius 3 is 2.69 bits per heavy atom. The summed E-state index contributed by atoms with van der Waals surface area (Å²) in [6.45, 7) is 4.22. The van der Waals surface area contributed by atoms with Crippen LogP contribution in [0.1, 0.15) is 32.9 Å². The molecule has 4 rings (SSSR count). The third-order valence-electron chi connectivity index (χ3n) is 5.31. The smallest absolute Gasteiger partial charge is 0.331 e. The van der Waals surface area contributed by atoms with E-state index >= 15 is 0 Å². The van der Waals surface area contributed by atoms with Crippen molar-refractivity contribution in [3.63, 3.8) is 0 Å². The van der Waals surface area contributed by atoms with E-state index in [9.17, 15) is 9.59 Å². The summed E-state index contributed by atoms with van der Waals surface area (Å²) in [7, 11) is 0. The summed E-state index contributed by atoms with van der Waals surface area (Å²) >= 11 is 6.28. The molecule has 1 aliphatic rings. The highest BCUT2D eigenvalue weighted by molar-refractivity contribution is 6.31. The van der Waals surface area contributed by atoms with Crippen molar-refractivity contribution in [2.45, 2.75) is 20.4 Å². The highest BCUT2D eigenvalue weighted by atomic mass is 35.5. The Balaban J connectivity index is 1.37. The maximum atomic E-state index is 12.7. The van der Waals surface area contributed by atoms with Crippen molar-refractivity contribution in [3.05, 3.63) is 87.7 Å². The number of hydrogen-bond donors (Lipinski definition) is 0. The Kier molecular flexibility index (Phi) is 6.32. The average molecular weight is 452 g/mol. The second-order valence-electron chi connectivity index (χ2n) is 7.44. The van der Waals surface area contributed by atoms with Crippen molar-refractivity contribution < 1.29 is 23.8 Å². The topological polar surface area (TPSA) is 66.8 Å². The lowest BCUT2D eigenvalue weighted by Gasteiger charge is -2.11. The first-order chi connectivity index (χ1) is 15.4. The molecular formula is C25H22ClNO5. The van der Waals surface area contributed by atoms with E-state index in [2.05, 4.69) is 0 Å². The second-order valence-corrected chi connectivity index (χ2v) is 7.85. The number of aryl methyl sites for hydroxylation is 1. The third kappa shape index (κ3) is 4.70. The van der Waals surface area contributed by atoms with Gasteiger partial charge in [-0.1, -0.05) is 35.9 Å². The van der Waals surface area contributed by atoms with Gasteiger partial charge in [0.2, 0.25) is 12.6 Å². The molecule has 0 N–H and O–H groups in total. The number of aromatic nitrogens is 1. The minimum atomic E-state index is -0.596. The number of fused-ring (bicyclic) bond motifs is 1. The highest BCUT2D eigenvalue weighted by Crippen LogP contribution is 2.32. The first-order valence-electron chi connectivity index (χ1n) is 10.1. The summed E-state index contributed by atoms with van der Waals surface area (Å²) < 4.78 is 17.8. The molecule has 32 heavy (non-hydrogen) atoms.